The molecule has 25 heavy (non-hydrogen) atoms. The number of likely N-dealkylation sites (tertiary alicyclic amines) is 1. The quantitative estimate of drug-likeness (QED) is 0.688. The van der Waals surface area contributed by atoms with Crippen molar-refractivity contribution in [2.45, 2.75) is 57.4 Å². The molecule has 6 heteroatoms. The molecule has 1 aliphatic heterocycles. The van der Waals surface area contributed by atoms with Crippen LogP contribution in [-0.2, 0) is 6.61 Å². The molecule has 0 N–H and O–H groups in total. The minimum Gasteiger partial charge on any atom is -0.484 e. The lowest BCUT2D eigenvalue weighted by molar-refractivity contribution is 0.182. The van der Waals surface area contributed by atoms with Gasteiger partial charge in [0, 0.05) is 11.8 Å². The molecule has 3 rings (SSSR count). The van der Waals surface area contributed by atoms with E-state index in [0.717, 1.165) is 23.5 Å². The molecule has 0 aliphatic carbocycles. The Morgan fingerprint density at radius 1 is 1.28 bits per heavy atom. The van der Waals surface area contributed by atoms with Gasteiger partial charge in [-0.3, -0.25) is 0 Å². The lowest BCUT2D eigenvalue weighted by Crippen LogP contribution is -2.36. The molecule has 136 valence electrons. The van der Waals surface area contributed by atoms with E-state index in [1.54, 1.807) is 11.8 Å². The van der Waals surface area contributed by atoms with Crippen LogP contribution in [0.4, 0.5) is 0 Å². The van der Waals surface area contributed by atoms with Crippen molar-refractivity contribution < 1.29 is 9.15 Å². The number of nitrogens with zero attached hydrogens (tertiary/aromatic N) is 3. The van der Waals surface area contributed by atoms with Crippen LogP contribution in [0, 0.1) is 13.8 Å². The molecular weight excluding hydrogens is 334 g/mol. The molecule has 1 unspecified atom stereocenters. The largest absolute Gasteiger partial charge is 0.484 e. The highest BCUT2D eigenvalue weighted by Gasteiger charge is 2.19. The average molecular weight is 362 g/mol. The van der Waals surface area contributed by atoms with Gasteiger partial charge in [0.2, 0.25) is 0 Å². The van der Waals surface area contributed by atoms with E-state index in [1.807, 2.05) is 13.0 Å². The van der Waals surface area contributed by atoms with Gasteiger partial charge in [0.1, 0.15) is 5.75 Å². The Kier molecular flexibility index (Phi) is 6.37. The molecule has 0 amide bonds. The zero-order valence-corrected chi connectivity index (χ0v) is 16.1. The highest BCUT2D eigenvalue weighted by Crippen LogP contribution is 2.24. The van der Waals surface area contributed by atoms with Crippen LogP contribution in [-0.4, -0.2) is 40.5 Å². The maximum absolute atomic E-state index is 5.82. The zero-order valence-electron chi connectivity index (χ0n) is 15.3. The summed E-state index contributed by atoms with van der Waals surface area (Å²) in [6.45, 7) is 5.61. The van der Waals surface area contributed by atoms with Crippen LogP contribution in [0.15, 0.2) is 27.8 Å². The fraction of sp³-hybridized carbons (Fsp3) is 0.579. The number of hydrogen-bond donors (Lipinski definition) is 0. The number of thioether (sulfide) groups is 1. The van der Waals surface area contributed by atoms with Gasteiger partial charge in [-0.05, 0) is 63.9 Å². The topological polar surface area (TPSA) is 51.4 Å². The summed E-state index contributed by atoms with van der Waals surface area (Å²) in [5.41, 5.74) is 2.28. The van der Waals surface area contributed by atoms with Crippen LogP contribution in [0.2, 0.25) is 0 Å². The van der Waals surface area contributed by atoms with Gasteiger partial charge in [-0.1, -0.05) is 30.3 Å². The minimum absolute atomic E-state index is 0.309. The van der Waals surface area contributed by atoms with Crippen molar-refractivity contribution >= 4 is 11.8 Å². The van der Waals surface area contributed by atoms with Crippen LogP contribution in [0.5, 0.6) is 5.75 Å². The molecule has 0 bridgehead atoms. The third-order valence-electron chi connectivity index (χ3n) is 4.74. The third-order valence-corrected chi connectivity index (χ3v) is 5.59. The summed E-state index contributed by atoms with van der Waals surface area (Å²) < 4.78 is 11.5. The number of benzene rings is 1. The molecule has 1 aromatic carbocycles. The van der Waals surface area contributed by atoms with Crippen LogP contribution < -0.4 is 4.74 Å². The molecule has 1 saturated heterocycles. The lowest BCUT2D eigenvalue weighted by atomic mass is 10.0. The molecule has 1 aromatic heterocycles. The first-order chi connectivity index (χ1) is 12.1. The van der Waals surface area contributed by atoms with Gasteiger partial charge >= 0.3 is 0 Å². The molecule has 0 saturated carbocycles. The highest BCUT2D eigenvalue weighted by molar-refractivity contribution is 7.99. The number of aromatic nitrogens is 2. The average Bonchev–Trinajstić information content (AvgIpc) is 3.05. The molecule has 1 atom stereocenters. The summed E-state index contributed by atoms with van der Waals surface area (Å²) in [6, 6.07) is 6.86. The van der Waals surface area contributed by atoms with Gasteiger partial charge in [-0.15, -0.1) is 10.2 Å². The van der Waals surface area contributed by atoms with E-state index < -0.39 is 0 Å². The summed E-state index contributed by atoms with van der Waals surface area (Å²) in [6.07, 6.45) is 5.14. The fourth-order valence-corrected chi connectivity index (χ4v) is 3.97. The van der Waals surface area contributed by atoms with Gasteiger partial charge in [-0.2, -0.15) is 0 Å². The molecule has 2 aromatic rings. The van der Waals surface area contributed by atoms with Gasteiger partial charge in [-0.25, -0.2) is 0 Å². The van der Waals surface area contributed by atoms with E-state index >= 15 is 0 Å². The van der Waals surface area contributed by atoms with Gasteiger partial charge in [0.05, 0.1) is 0 Å². The number of rotatable bonds is 7. The van der Waals surface area contributed by atoms with Crippen molar-refractivity contribution in [3.8, 4) is 5.75 Å². The Hall–Kier alpha value is -1.53. The van der Waals surface area contributed by atoms with Gasteiger partial charge < -0.3 is 14.1 Å². The maximum atomic E-state index is 5.82. The minimum atomic E-state index is 0.309. The third kappa shape index (κ3) is 5.22. The molecule has 1 fully saturated rings. The van der Waals surface area contributed by atoms with E-state index in [4.69, 9.17) is 9.15 Å². The molecule has 2 heterocycles. The lowest BCUT2D eigenvalue weighted by Gasteiger charge is -2.32. The SMILES string of the molecule is Cc1ccc(C)c(OCc2nnc(SCCC3CCCCN3C)o2)c1. The van der Waals surface area contributed by atoms with Crippen molar-refractivity contribution in [3.63, 3.8) is 0 Å². The second kappa shape index (κ2) is 8.72. The number of ether oxygens (including phenoxy) is 1. The van der Waals surface area contributed by atoms with Crippen LogP contribution in [0.1, 0.15) is 42.7 Å². The Bertz CT molecular complexity index is 689. The van der Waals surface area contributed by atoms with Gasteiger partial charge in [0.15, 0.2) is 6.61 Å². The van der Waals surface area contributed by atoms with Gasteiger partial charge in [0.25, 0.3) is 11.1 Å². The summed E-state index contributed by atoms with van der Waals surface area (Å²) in [4.78, 5) is 2.47. The molecule has 5 nitrogen and oxygen atoms in total. The monoisotopic (exact) mass is 361 g/mol. The predicted octanol–water partition coefficient (Wildman–Crippen LogP) is 4.23. The smallest absolute Gasteiger partial charge is 0.276 e. The Balaban J connectivity index is 1.45. The number of piperidine rings is 1. The number of aryl methyl sites for hydroxylation is 2. The van der Waals surface area contributed by atoms with Crippen molar-refractivity contribution in [1.82, 2.24) is 15.1 Å². The first-order valence-corrected chi connectivity index (χ1v) is 9.96. The van der Waals surface area contributed by atoms with E-state index in [2.05, 4.69) is 41.2 Å². The number of hydrogen-bond acceptors (Lipinski definition) is 6. The molecule has 1 aliphatic rings. The molecule has 0 spiro atoms. The van der Waals surface area contributed by atoms with Crippen LogP contribution >= 0.6 is 11.8 Å². The van der Waals surface area contributed by atoms with E-state index in [1.165, 1.54) is 31.4 Å². The Morgan fingerprint density at radius 3 is 3.00 bits per heavy atom. The summed E-state index contributed by atoms with van der Waals surface area (Å²) >= 11 is 1.64. The Morgan fingerprint density at radius 2 is 2.16 bits per heavy atom. The first kappa shape index (κ1) is 18.3. The standard InChI is InChI=1S/C19H27N3O2S/c1-14-7-8-15(2)17(12-14)23-13-18-20-21-19(24-18)25-11-9-16-6-4-5-10-22(16)3/h7-8,12,16H,4-6,9-11,13H2,1-3H3. The van der Waals surface area contributed by atoms with Crippen LogP contribution in [0.25, 0.3) is 0 Å². The summed E-state index contributed by atoms with van der Waals surface area (Å²) in [7, 11) is 2.23. The van der Waals surface area contributed by atoms with Crippen LogP contribution in [0.3, 0.4) is 0 Å². The fourth-order valence-electron chi connectivity index (χ4n) is 3.15. The normalized spacial score (nSPS) is 18.4. The zero-order chi connectivity index (χ0) is 17.6. The molecule has 0 radical (unpaired) electrons. The van der Waals surface area contributed by atoms with Crippen molar-refractivity contribution in [2.24, 2.45) is 0 Å². The molecular formula is C19H27N3O2S. The van der Waals surface area contributed by atoms with Crippen molar-refractivity contribution in [3.05, 3.63) is 35.2 Å². The summed E-state index contributed by atoms with van der Waals surface area (Å²) in [5.74, 6) is 2.40. The highest BCUT2D eigenvalue weighted by atomic mass is 32.2. The van der Waals surface area contributed by atoms with E-state index in [0.29, 0.717) is 23.8 Å². The predicted molar refractivity (Wildman–Crippen MR) is 100 cm³/mol. The maximum Gasteiger partial charge on any atom is 0.276 e. The second-order valence-electron chi connectivity index (χ2n) is 6.79. The van der Waals surface area contributed by atoms with E-state index in [9.17, 15) is 0 Å². The second-order valence-corrected chi connectivity index (χ2v) is 7.83. The van der Waals surface area contributed by atoms with E-state index in [-0.39, 0.29) is 0 Å². The Labute approximate surface area is 154 Å². The van der Waals surface area contributed by atoms with Crippen molar-refractivity contribution in [1.29, 1.82) is 0 Å². The van der Waals surface area contributed by atoms with Crippen molar-refractivity contribution in [2.75, 3.05) is 19.3 Å². The first-order valence-electron chi connectivity index (χ1n) is 8.97. The summed E-state index contributed by atoms with van der Waals surface area (Å²) in [5, 5.41) is 8.85.